The van der Waals surface area contributed by atoms with E-state index in [1.165, 1.54) is 0 Å². The van der Waals surface area contributed by atoms with Crippen LogP contribution in [0.15, 0.2) is 12.4 Å². The Labute approximate surface area is 48.9 Å². The van der Waals surface area contributed by atoms with E-state index in [1.807, 2.05) is 19.3 Å². The molecule has 0 radical (unpaired) electrons. The molecule has 1 N–H and O–H groups in total. The molecule has 3 heteroatoms. The maximum atomic E-state index is 5.09. The van der Waals surface area contributed by atoms with Gasteiger partial charge >= 0.3 is 0 Å². The van der Waals surface area contributed by atoms with Gasteiger partial charge in [0.1, 0.15) is 6.67 Å². The van der Waals surface area contributed by atoms with Gasteiger partial charge in [-0.15, -0.1) is 0 Å². The molecule has 46 valence electrons. The highest BCUT2D eigenvalue weighted by Crippen LogP contribution is 1.93. The van der Waals surface area contributed by atoms with Gasteiger partial charge in [-0.05, 0) is 6.92 Å². The fourth-order valence-electron chi connectivity index (χ4n) is 0.586. The van der Waals surface area contributed by atoms with Gasteiger partial charge in [-0.25, -0.2) is 5.06 Å². The molecule has 0 amide bonds. The normalized spacial score (nSPS) is 16.9. The number of nitrogens with zero attached hydrogens (tertiary/aromatic N) is 1. The Hall–Kier alpha value is -0.700. The molecule has 0 saturated heterocycles. The quantitative estimate of drug-likeness (QED) is 0.557. The summed E-state index contributed by atoms with van der Waals surface area (Å²) in [5.74, 6) is 0. The number of hydrogen-bond donors (Lipinski definition) is 1. The van der Waals surface area contributed by atoms with Crippen molar-refractivity contribution in [3.63, 3.8) is 0 Å². The second-order valence-corrected chi connectivity index (χ2v) is 1.51. The molecular formula is C5H10N2O. The molecule has 0 aromatic rings. The minimum atomic E-state index is 0.728. The van der Waals surface area contributed by atoms with Crippen LogP contribution in [0.4, 0.5) is 0 Å². The first-order valence-corrected chi connectivity index (χ1v) is 2.73. The summed E-state index contributed by atoms with van der Waals surface area (Å²) in [6, 6.07) is 0. The van der Waals surface area contributed by atoms with Crippen LogP contribution in [0.1, 0.15) is 6.92 Å². The van der Waals surface area contributed by atoms with E-state index in [2.05, 4.69) is 5.32 Å². The van der Waals surface area contributed by atoms with Gasteiger partial charge in [0.25, 0.3) is 0 Å². The van der Waals surface area contributed by atoms with Crippen LogP contribution in [0.25, 0.3) is 0 Å². The molecule has 1 aliphatic heterocycles. The van der Waals surface area contributed by atoms with Crippen LogP contribution < -0.4 is 5.32 Å². The zero-order valence-corrected chi connectivity index (χ0v) is 4.92. The van der Waals surface area contributed by atoms with Gasteiger partial charge in [-0.2, -0.15) is 0 Å². The van der Waals surface area contributed by atoms with Gasteiger partial charge in [0.15, 0.2) is 0 Å². The summed E-state index contributed by atoms with van der Waals surface area (Å²) in [6.45, 7) is 3.46. The second kappa shape index (κ2) is 2.57. The molecule has 1 aliphatic rings. The molecule has 0 aromatic heterocycles. The van der Waals surface area contributed by atoms with E-state index in [0.29, 0.717) is 0 Å². The Bertz CT molecular complexity index is 92.4. The Kier molecular flexibility index (Phi) is 1.75. The van der Waals surface area contributed by atoms with E-state index in [4.69, 9.17) is 4.84 Å². The lowest BCUT2D eigenvalue weighted by atomic mass is 10.9. The van der Waals surface area contributed by atoms with Crippen LogP contribution in [-0.4, -0.2) is 18.3 Å². The largest absolute Gasteiger partial charge is 0.371 e. The van der Waals surface area contributed by atoms with Crippen molar-refractivity contribution in [1.82, 2.24) is 10.4 Å². The van der Waals surface area contributed by atoms with Gasteiger partial charge in [0, 0.05) is 12.4 Å². The van der Waals surface area contributed by atoms with Gasteiger partial charge in [0.05, 0.1) is 6.61 Å². The van der Waals surface area contributed by atoms with Crippen molar-refractivity contribution in [2.45, 2.75) is 6.92 Å². The topological polar surface area (TPSA) is 24.5 Å². The van der Waals surface area contributed by atoms with E-state index in [9.17, 15) is 0 Å². The van der Waals surface area contributed by atoms with Crippen molar-refractivity contribution >= 4 is 0 Å². The molecule has 0 atom stereocenters. The van der Waals surface area contributed by atoms with Crippen LogP contribution in [0.3, 0.4) is 0 Å². The smallest absolute Gasteiger partial charge is 0.113 e. The molecule has 1 rings (SSSR count). The van der Waals surface area contributed by atoms with Gasteiger partial charge < -0.3 is 5.32 Å². The first-order valence-electron chi connectivity index (χ1n) is 2.73. The van der Waals surface area contributed by atoms with Gasteiger partial charge in [-0.3, -0.25) is 4.84 Å². The predicted molar refractivity (Wildman–Crippen MR) is 30.6 cm³/mol. The minimum Gasteiger partial charge on any atom is -0.371 e. The van der Waals surface area contributed by atoms with Crippen LogP contribution in [0, 0.1) is 0 Å². The van der Waals surface area contributed by atoms with Crippen molar-refractivity contribution in [3.8, 4) is 0 Å². The first kappa shape index (κ1) is 5.44. The van der Waals surface area contributed by atoms with Crippen molar-refractivity contribution < 1.29 is 4.84 Å². The average molecular weight is 114 g/mol. The van der Waals surface area contributed by atoms with Gasteiger partial charge in [0.2, 0.25) is 0 Å². The monoisotopic (exact) mass is 114 g/mol. The van der Waals surface area contributed by atoms with Crippen molar-refractivity contribution in [2.75, 3.05) is 13.3 Å². The van der Waals surface area contributed by atoms with Crippen LogP contribution in [-0.2, 0) is 4.84 Å². The molecule has 0 saturated carbocycles. The van der Waals surface area contributed by atoms with Gasteiger partial charge in [-0.1, -0.05) is 0 Å². The molecule has 0 unspecified atom stereocenters. The number of hydroxylamine groups is 2. The number of hydrogen-bond acceptors (Lipinski definition) is 3. The van der Waals surface area contributed by atoms with E-state index in [-0.39, 0.29) is 0 Å². The molecule has 0 aromatic carbocycles. The third-order valence-electron chi connectivity index (χ3n) is 0.901. The average Bonchev–Trinajstić information content (AvgIpc) is 2.19. The SMILES string of the molecule is CCON1C=CNC1. The zero-order valence-electron chi connectivity index (χ0n) is 4.92. The molecule has 8 heavy (non-hydrogen) atoms. The van der Waals surface area contributed by atoms with E-state index in [0.717, 1.165) is 13.3 Å². The Morgan fingerprint density at radius 3 is 3.25 bits per heavy atom. The second-order valence-electron chi connectivity index (χ2n) is 1.51. The maximum Gasteiger partial charge on any atom is 0.113 e. The fourth-order valence-corrected chi connectivity index (χ4v) is 0.586. The molecular weight excluding hydrogens is 104 g/mol. The Morgan fingerprint density at radius 2 is 2.75 bits per heavy atom. The lowest BCUT2D eigenvalue weighted by molar-refractivity contribution is -0.110. The maximum absolute atomic E-state index is 5.09. The highest BCUT2D eigenvalue weighted by Gasteiger charge is 1.99. The van der Waals surface area contributed by atoms with Crippen LogP contribution in [0.2, 0.25) is 0 Å². The Balaban J connectivity index is 2.16. The highest BCUT2D eigenvalue weighted by molar-refractivity contribution is 4.82. The lowest BCUT2D eigenvalue weighted by Crippen LogP contribution is -2.20. The van der Waals surface area contributed by atoms with Crippen molar-refractivity contribution in [1.29, 1.82) is 0 Å². The van der Waals surface area contributed by atoms with E-state index >= 15 is 0 Å². The van der Waals surface area contributed by atoms with Crippen molar-refractivity contribution in [2.24, 2.45) is 0 Å². The summed E-state index contributed by atoms with van der Waals surface area (Å²) < 4.78 is 0. The molecule has 0 spiro atoms. The molecule has 0 fully saturated rings. The molecule has 0 bridgehead atoms. The molecule has 3 nitrogen and oxygen atoms in total. The molecule has 0 aliphatic carbocycles. The first-order chi connectivity index (χ1) is 3.93. The minimum absolute atomic E-state index is 0.728. The van der Waals surface area contributed by atoms with E-state index in [1.54, 1.807) is 5.06 Å². The van der Waals surface area contributed by atoms with Crippen molar-refractivity contribution in [3.05, 3.63) is 12.4 Å². The highest BCUT2D eigenvalue weighted by atomic mass is 16.7. The zero-order chi connectivity index (χ0) is 5.82. The third kappa shape index (κ3) is 1.13. The van der Waals surface area contributed by atoms with Crippen LogP contribution in [0.5, 0.6) is 0 Å². The van der Waals surface area contributed by atoms with E-state index < -0.39 is 0 Å². The third-order valence-corrected chi connectivity index (χ3v) is 0.901. The standard InChI is InChI=1S/C5H10N2O/c1-2-8-7-4-3-6-5-7/h3-4,6H,2,5H2,1H3. The summed E-state index contributed by atoms with van der Waals surface area (Å²) in [4.78, 5) is 5.09. The fraction of sp³-hybridized carbons (Fsp3) is 0.600. The van der Waals surface area contributed by atoms with Crippen LogP contribution >= 0.6 is 0 Å². The number of nitrogens with one attached hydrogen (secondary N) is 1. The summed E-state index contributed by atoms with van der Waals surface area (Å²) >= 11 is 0. The predicted octanol–water partition coefficient (Wildman–Crippen LogP) is 0.272. The summed E-state index contributed by atoms with van der Waals surface area (Å²) in [7, 11) is 0. The number of rotatable bonds is 2. The summed E-state index contributed by atoms with van der Waals surface area (Å²) in [5, 5.41) is 4.73. The molecule has 1 heterocycles. The summed E-state index contributed by atoms with van der Waals surface area (Å²) in [5.41, 5.74) is 0. The lowest BCUT2D eigenvalue weighted by Gasteiger charge is -2.11. The Morgan fingerprint density at radius 1 is 1.88 bits per heavy atom. The summed E-state index contributed by atoms with van der Waals surface area (Å²) in [6.07, 6.45) is 3.72.